The monoisotopic (exact) mass is 530 g/mol. The zero-order chi connectivity index (χ0) is 15.0. The van der Waals surface area contributed by atoms with E-state index in [9.17, 15) is 0 Å². The topological polar surface area (TPSA) is 18.5 Å². The Bertz CT molecular complexity index is 507. The summed E-state index contributed by atoms with van der Waals surface area (Å²) in [5, 5.41) is 0. The highest BCUT2D eigenvalue weighted by Gasteiger charge is 2.63. The standard InChI is InChI=1S/C14H14Br4O2/c1-19-14(20-2)12(15,16)8-11(9-13(14,17)18)10-6-4-3-5-7-10/h3-8H,9H2,1-2H3. The molecule has 0 aliphatic heterocycles. The van der Waals surface area contributed by atoms with E-state index >= 15 is 0 Å². The normalized spacial score (nSPS) is 23.2. The number of allylic oxidation sites excluding steroid dienone is 1. The van der Waals surface area contributed by atoms with Gasteiger partial charge in [0, 0.05) is 20.6 Å². The van der Waals surface area contributed by atoms with E-state index in [2.05, 4.69) is 81.9 Å². The Kier molecular flexibility index (Phi) is 5.26. The lowest BCUT2D eigenvalue weighted by Gasteiger charge is -2.50. The third-order valence-electron chi connectivity index (χ3n) is 3.41. The summed E-state index contributed by atoms with van der Waals surface area (Å²) >= 11 is 14.8. The molecule has 20 heavy (non-hydrogen) atoms. The lowest BCUT2D eigenvalue weighted by Crippen LogP contribution is -2.61. The minimum absolute atomic E-state index is 0.580. The van der Waals surface area contributed by atoms with Gasteiger partial charge in [-0.05, 0) is 17.2 Å². The third kappa shape index (κ3) is 2.72. The molecular formula is C14H14Br4O2. The molecule has 1 aromatic carbocycles. The van der Waals surface area contributed by atoms with E-state index in [1.807, 2.05) is 18.2 Å². The SMILES string of the molecule is COC1(OC)C(Br)(Br)C=C(c2ccccc2)CC1(Br)Br. The summed E-state index contributed by atoms with van der Waals surface area (Å²) in [5.41, 5.74) is 2.35. The van der Waals surface area contributed by atoms with Gasteiger partial charge in [-0.25, -0.2) is 0 Å². The molecule has 0 amide bonds. The van der Waals surface area contributed by atoms with Crippen LogP contribution in [-0.2, 0) is 9.47 Å². The first-order chi connectivity index (χ1) is 9.29. The van der Waals surface area contributed by atoms with E-state index in [0.29, 0.717) is 6.42 Å². The number of hydrogen-bond acceptors (Lipinski definition) is 2. The van der Waals surface area contributed by atoms with Crippen molar-refractivity contribution in [2.75, 3.05) is 14.2 Å². The molecule has 110 valence electrons. The number of benzene rings is 1. The number of halogens is 4. The maximum atomic E-state index is 5.69. The second-order valence-electron chi connectivity index (χ2n) is 4.56. The predicted molar refractivity (Wildman–Crippen MR) is 97.0 cm³/mol. The van der Waals surface area contributed by atoms with Gasteiger partial charge in [0.2, 0.25) is 5.79 Å². The molecule has 0 atom stereocenters. The Labute approximate surface area is 152 Å². The molecule has 0 saturated heterocycles. The molecule has 1 aliphatic rings. The van der Waals surface area contributed by atoms with E-state index in [1.165, 1.54) is 11.1 Å². The van der Waals surface area contributed by atoms with Gasteiger partial charge in [-0.1, -0.05) is 94.1 Å². The van der Waals surface area contributed by atoms with Crippen LogP contribution in [0.3, 0.4) is 0 Å². The molecule has 0 aromatic heterocycles. The Morgan fingerprint density at radius 1 is 0.950 bits per heavy atom. The Morgan fingerprint density at radius 2 is 1.50 bits per heavy atom. The molecule has 0 fully saturated rings. The van der Waals surface area contributed by atoms with Crippen LogP contribution in [0.5, 0.6) is 0 Å². The van der Waals surface area contributed by atoms with Gasteiger partial charge in [-0.3, -0.25) is 0 Å². The Hall–Kier alpha value is 0.800. The second-order valence-corrected chi connectivity index (χ2v) is 11.9. The summed E-state index contributed by atoms with van der Waals surface area (Å²) < 4.78 is 10.1. The molecule has 0 saturated carbocycles. The zero-order valence-electron chi connectivity index (χ0n) is 11.0. The van der Waals surface area contributed by atoms with Crippen LogP contribution in [0, 0.1) is 0 Å². The fourth-order valence-electron chi connectivity index (χ4n) is 2.46. The summed E-state index contributed by atoms with van der Waals surface area (Å²) in [7, 11) is 3.25. The van der Waals surface area contributed by atoms with Crippen molar-refractivity contribution in [2.24, 2.45) is 0 Å². The van der Waals surface area contributed by atoms with Gasteiger partial charge in [0.25, 0.3) is 0 Å². The van der Waals surface area contributed by atoms with Gasteiger partial charge in [0.1, 0.15) is 3.23 Å². The molecular weight excluding hydrogens is 520 g/mol. The Morgan fingerprint density at radius 3 is 1.95 bits per heavy atom. The molecule has 2 nitrogen and oxygen atoms in total. The molecule has 0 spiro atoms. The van der Waals surface area contributed by atoms with Crippen LogP contribution in [0.25, 0.3) is 5.57 Å². The van der Waals surface area contributed by atoms with Crippen molar-refractivity contribution in [3.63, 3.8) is 0 Å². The molecule has 2 rings (SSSR count). The van der Waals surface area contributed by atoms with Crippen molar-refractivity contribution in [3.8, 4) is 0 Å². The first-order valence-corrected chi connectivity index (χ1v) is 9.10. The van der Waals surface area contributed by atoms with E-state index < -0.39 is 12.3 Å². The van der Waals surface area contributed by atoms with Crippen molar-refractivity contribution in [1.29, 1.82) is 0 Å². The molecule has 6 heteroatoms. The first kappa shape index (κ1) is 17.2. The van der Waals surface area contributed by atoms with Crippen LogP contribution in [0.1, 0.15) is 12.0 Å². The molecule has 0 unspecified atom stereocenters. The van der Waals surface area contributed by atoms with Crippen molar-refractivity contribution in [2.45, 2.75) is 18.7 Å². The van der Waals surface area contributed by atoms with Crippen LogP contribution in [-0.4, -0.2) is 26.5 Å². The summed E-state index contributed by atoms with van der Waals surface area (Å²) in [4.78, 5) is 0. The minimum atomic E-state index is -0.946. The molecule has 0 radical (unpaired) electrons. The average Bonchev–Trinajstić information content (AvgIpc) is 2.38. The van der Waals surface area contributed by atoms with Gasteiger partial charge >= 0.3 is 0 Å². The molecule has 0 N–H and O–H groups in total. The van der Waals surface area contributed by atoms with E-state index in [4.69, 9.17) is 9.47 Å². The van der Waals surface area contributed by atoms with Crippen molar-refractivity contribution < 1.29 is 9.47 Å². The predicted octanol–water partition coefficient (Wildman–Crippen LogP) is 5.44. The largest absolute Gasteiger partial charge is 0.349 e. The number of ether oxygens (including phenoxy) is 2. The maximum absolute atomic E-state index is 5.69. The number of alkyl halides is 4. The lowest BCUT2D eigenvalue weighted by atomic mass is 9.89. The summed E-state index contributed by atoms with van der Waals surface area (Å²) in [5.74, 6) is -0.946. The second kappa shape index (κ2) is 6.13. The number of hydrogen-bond donors (Lipinski definition) is 0. The van der Waals surface area contributed by atoms with Gasteiger partial charge < -0.3 is 9.47 Å². The highest BCUT2D eigenvalue weighted by molar-refractivity contribution is 9.26. The van der Waals surface area contributed by atoms with Crippen LogP contribution in [0.2, 0.25) is 0 Å². The summed E-state index contributed by atoms with van der Waals surface area (Å²) in [6, 6.07) is 10.2. The molecule has 1 aromatic rings. The third-order valence-corrected chi connectivity index (χ3v) is 6.51. The quantitative estimate of drug-likeness (QED) is 0.381. The Balaban J connectivity index is 2.55. The maximum Gasteiger partial charge on any atom is 0.223 e. The lowest BCUT2D eigenvalue weighted by molar-refractivity contribution is -0.208. The molecule has 0 heterocycles. The van der Waals surface area contributed by atoms with E-state index in [-0.39, 0.29) is 0 Å². The van der Waals surface area contributed by atoms with Gasteiger partial charge in [0.05, 0.1) is 0 Å². The highest BCUT2D eigenvalue weighted by atomic mass is 79.9. The van der Waals surface area contributed by atoms with E-state index in [0.717, 1.165) is 0 Å². The fraction of sp³-hybridized carbons (Fsp3) is 0.429. The van der Waals surface area contributed by atoms with Crippen molar-refractivity contribution in [3.05, 3.63) is 42.0 Å². The summed E-state index contributed by atoms with van der Waals surface area (Å²) in [6.07, 6.45) is 2.79. The van der Waals surface area contributed by atoms with Crippen molar-refractivity contribution in [1.82, 2.24) is 0 Å². The van der Waals surface area contributed by atoms with Crippen LogP contribution < -0.4 is 0 Å². The van der Waals surface area contributed by atoms with Gasteiger partial charge in [-0.15, -0.1) is 0 Å². The first-order valence-electron chi connectivity index (χ1n) is 5.93. The fourth-order valence-corrected chi connectivity index (χ4v) is 7.27. The average molecular weight is 534 g/mol. The van der Waals surface area contributed by atoms with Gasteiger partial charge in [0.15, 0.2) is 3.23 Å². The zero-order valence-corrected chi connectivity index (χ0v) is 17.3. The smallest absolute Gasteiger partial charge is 0.223 e. The van der Waals surface area contributed by atoms with Crippen LogP contribution >= 0.6 is 63.7 Å². The van der Waals surface area contributed by atoms with Crippen molar-refractivity contribution >= 4 is 69.3 Å². The minimum Gasteiger partial charge on any atom is -0.349 e. The highest BCUT2D eigenvalue weighted by Crippen LogP contribution is 2.60. The number of methoxy groups -OCH3 is 2. The number of rotatable bonds is 3. The van der Waals surface area contributed by atoms with Crippen LogP contribution in [0.4, 0.5) is 0 Å². The molecule has 0 bridgehead atoms. The van der Waals surface area contributed by atoms with E-state index in [1.54, 1.807) is 14.2 Å². The van der Waals surface area contributed by atoms with Gasteiger partial charge in [-0.2, -0.15) is 0 Å². The molecule has 1 aliphatic carbocycles. The summed E-state index contributed by atoms with van der Waals surface area (Å²) in [6.45, 7) is 0. The van der Waals surface area contributed by atoms with Crippen LogP contribution in [0.15, 0.2) is 36.4 Å².